The summed E-state index contributed by atoms with van der Waals surface area (Å²) in [6, 6.07) is 6.92. The van der Waals surface area contributed by atoms with Crippen LogP contribution in [0, 0.1) is 0 Å². The van der Waals surface area contributed by atoms with Gasteiger partial charge in [-0.05, 0) is 42.8 Å². The maximum absolute atomic E-state index is 12.4. The zero-order valence-electron chi connectivity index (χ0n) is 17.5. The molecule has 0 bridgehead atoms. The first-order chi connectivity index (χ1) is 14.0. The van der Waals surface area contributed by atoms with Gasteiger partial charge < -0.3 is 28.4 Å². The minimum Gasteiger partial charge on any atom is -0.493 e. The third-order valence-electron chi connectivity index (χ3n) is 4.21. The molecule has 0 amide bonds. The van der Waals surface area contributed by atoms with Gasteiger partial charge in [0, 0.05) is 5.56 Å². The summed E-state index contributed by atoms with van der Waals surface area (Å²) in [6.45, 7) is 2.02. The van der Waals surface area contributed by atoms with E-state index in [9.17, 15) is 4.79 Å². The molecule has 0 unspecified atom stereocenters. The molecule has 0 aromatic heterocycles. The molecule has 0 heterocycles. The molecule has 0 saturated carbocycles. The van der Waals surface area contributed by atoms with E-state index in [4.69, 9.17) is 28.4 Å². The fraction of sp³-hybridized carbons (Fsp3) is 0.318. The highest BCUT2D eigenvalue weighted by atomic mass is 16.5. The number of benzene rings is 2. The molecular formula is C22H26O7. The van der Waals surface area contributed by atoms with Crippen molar-refractivity contribution >= 4 is 18.1 Å². The second kappa shape index (κ2) is 10.3. The van der Waals surface area contributed by atoms with Crippen molar-refractivity contribution in [3.63, 3.8) is 0 Å². The molecule has 0 fully saturated rings. The van der Waals surface area contributed by atoms with Crippen LogP contribution in [0.15, 0.2) is 24.3 Å². The predicted octanol–water partition coefficient (Wildman–Crippen LogP) is 4.08. The Morgan fingerprint density at radius 1 is 0.793 bits per heavy atom. The zero-order valence-corrected chi connectivity index (χ0v) is 17.5. The molecular weight excluding hydrogens is 376 g/mol. The van der Waals surface area contributed by atoms with E-state index >= 15 is 0 Å². The van der Waals surface area contributed by atoms with Crippen LogP contribution in [0.1, 0.15) is 28.4 Å². The molecule has 0 N–H and O–H groups in total. The summed E-state index contributed by atoms with van der Waals surface area (Å²) >= 11 is 0. The third kappa shape index (κ3) is 4.74. The van der Waals surface area contributed by atoms with Gasteiger partial charge in [-0.2, -0.15) is 0 Å². The van der Waals surface area contributed by atoms with Gasteiger partial charge >= 0.3 is 5.97 Å². The topological polar surface area (TPSA) is 72.5 Å². The van der Waals surface area contributed by atoms with Gasteiger partial charge in [-0.15, -0.1) is 0 Å². The molecule has 0 saturated heterocycles. The lowest BCUT2D eigenvalue weighted by molar-refractivity contribution is 0.0525. The van der Waals surface area contributed by atoms with Gasteiger partial charge in [0.15, 0.2) is 23.0 Å². The standard InChI is InChI=1S/C22H26O7/c1-7-29-22(23)16-10-11-17(24-2)20(27-5)15(16)9-8-14-12-18(25-3)21(28-6)19(13-14)26-4/h8-13H,7H2,1-6H3/b9-8+. The lowest BCUT2D eigenvalue weighted by Crippen LogP contribution is -2.08. The van der Waals surface area contributed by atoms with E-state index in [1.54, 1.807) is 58.6 Å². The van der Waals surface area contributed by atoms with Crippen LogP contribution in [0.4, 0.5) is 0 Å². The van der Waals surface area contributed by atoms with Crippen molar-refractivity contribution in [2.75, 3.05) is 42.2 Å². The number of esters is 1. The van der Waals surface area contributed by atoms with Gasteiger partial charge in [0.1, 0.15) is 0 Å². The van der Waals surface area contributed by atoms with Gasteiger partial charge in [-0.25, -0.2) is 4.79 Å². The summed E-state index contributed by atoms with van der Waals surface area (Å²) in [5.74, 6) is 2.03. The van der Waals surface area contributed by atoms with E-state index in [1.807, 2.05) is 6.08 Å². The first-order valence-corrected chi connectivity index (χ1v) is 8.94. The van der Waals surface area contributed by atoms with Gasteiger partial charge in [-0.1, -0.05) is 6.08 Å². The second-order valence-electron chi connectivity index (χ2n) is 5.77. The molecule has 0 aliphatic rings. The molecule has 0 aliphatic heterocycles. The number of rotatable bonds is 9. The maximum Gasteiger partial charge on any atom is 0.338 e. The molecule has 2 aromatic carbocycles. The number of hydrogen-bond donors (Lipinski definition) is 0. The lowest BCUT2D eigenvalue weighted by Gasteiger charge is -2.15. The van der Waals surface area contributed by atoms with Gasteiger partial charge in [0.05, 0.1) is 47.7 Å². The average Bonchev–Trinajstić information content (AvgIpc) is 2.75. The first-order valence-electron chi connectivity index (χ1n) is 8.94. The van der Waals surface area contributed by atoms with Crippen LogP contribution >= 0.6 is 0 Å². The van der Waals surface area contributed by atoms with Crippen molar-refractivity contribution in [2.24, 2.45) is 0 Å². The highest BCUT2D eigenvalue weighted by Crippen LogP contribution is 2.39. The quantitative estimate of drug-likeness (QED) is 0.462. The second-order valence-corrected chi connectivity index (χ2v) is 5.77. The summed E-state index contributed by atoms with van der Waals surface area (Å²) in [6.07, 6.45) is 3.57. The van der Waals surface area contributed by atoms with Crippen LogP contribution in [0.2, 0.25) is 0 Å². The Balaban J connectivity index is 2.60. The van der Waals surface area contributed by atoms with Crippen molar-refractivity contribution in [3.05, 3.63) is 41.0 Å². The number of methoxy groups -OCH3 is 5. The van der Waals surface area contributed by atoms with Crippen molar-refractivity contribution in [3.8, 4) is 28.7 Å². The monoisotopic (exact) mass is 402 g/mol. The van der Waals surface area contributed by atoms with Crippen molar-refractivity contribution in [1.29, 1.82) is 0 Å². The van der Waals surface area contributed by atoms with Crippen molar-refractivity contribution < 1.29 is 33.2 Å². The largest absolute Gasteiger partial charge is 0.493 e. The van der Waals surface area contributed by atoms with Crippen LogP contribution in [0.3, 0.4) is 0 Å². The summed E-state index contributed by atoms with van der Waals surface area (Å²) in [7, 11) is 7.70. The minimum absolute atomic E-state index is 0.267. The highest BCUT2D eigenvalue weighted by molar-refractivity contribution is 5.97. The molecule has 7 heteroatoms. The number of carbonyl (C=O) groups excluding carboxylic acids is 1. The van der Waals surface area contributed by atoms with Gasteiger partial charge in [0.25, 0.3) is 0 Å². The fourth-order valence-electron chi connectivity index (χ4n) is 2.88. The fourth-order valence-corrected chi connectivity index (χ4v) is 2.88. The molecule has 29 heavy (non-hydrogen) atoms. The average molecular weight is 402 g/mol. The molecule has 0 aliphatic carbocycles. The van der Waals surface area contributed by atoms with Crippen LogP contribution in [-0.2, 0) is 4.74 Å². The summed E-state index contributed by atoms with van der Waals surface area (Å²) in [4.78, 5) is 12.4. The Hall–Kier alpha value is -3.35. The molecule has 156 valence electrons. The van der Waals surface area contributed by atoms with E-state index in [0.29, 0.717) is 39.9 Å². The Bertz CT molecular complexity index is 862. The van der Waals surface area contributed by atoms with E-state index in [1.165, 1.54) is 14.2 Å². The number of ether oxygens (including phenoxy) is 6. The minimum atomic E-state index is -0.446. The van der Waals surface area contributed by atoms with Crippen LogP contribution in [-0.4, -0.2) is 48.1 Å². The molecule has 2 aromatic rings. The maximum atomic E-state index is 12.4. The number of carbonyl (C=O) groups is 1. The molecule has 0 radical (unpaired) electrons. The predicted molar refractivity (Wildman–Crippen MR) is 111 cm³/mol. The summed E-state index contributed by atoms with van der Waals surface area (Å²) in [5.41, 5.74) is 1.69. The normalized spacial score (nSPS) is 10.6. The third-order valence-corrected chi connectivity index (χ3v) is 4.21. The van der Waals surface area contributed by atoms with Crippen LogP contribution in [0.25, 0.3) is 12.2 Å². The van der Waals surface area contributed by atoms with E-state index < -0.39 is 5.97 Å². The Kier molecular flexibility index (Phi) is 7.77. The molecule has 0 atom stereocenters. The Morgan fingerprint density at radius 2 is 1.38 bits per heavy atom. The van der Waals surface area contributed by atoms with E-state index in [2.05, 4.69) is 0 Å². The molecule has 7 nitrogen and oxygen atoms in total. The van der Waals surface area contributed by atoms with Crippen LogP contribution < -0.4 is 23.7 Å². The van der Waals surface area contributed by atoms with Gasteiger partial charge in [0.2, 0.25) is 5.75 Å². The first kappa shape index (κ1) is 21.9. The Labute approximate surface area is 170 Å². The smallest absolute Gasteiger partial charge is 0.338 e. The lowest BCUT2D eigenvalue weighted by atomic mass is 10.0. The van der Waals surface area contributed by atoms with Gasteiger partial charge in [-0.3, -0.25) is 0 Å². The highest BCUT2D eigenvalue weighted by Gasteiger charge is 2.19. The van der Waals surface area contributed by atoms with E-state index in [0.717, 1.165) is 5.56 Å². The van der Waals surface area contributed by atoms with Crippen LogP contribution in [0.5, 0.6) is 28.7 Å². The van der Waals surface area contributed by atoms with E-state index in [-0.39, 0.29) is 6.61 Å². The zero-order chi connectivity index (χ0) is 21.4. The van der Waals surface area contributed by atoms with Crippen molar-refractivity contribution in [1.82, 2.24) is 0 Å². The summed E-state index contributed by atoms with van der Waals surface area (Å²) in [5, 5.41) is 0. The Morgan fingerprint density at radius 3 is 1.86 bits per heavy atom. The molecule has 0 spiro atoms. The summed E-state index contributed by atoms with van der Waals surface area (Å²) < 4.78 is 32.2. The number of hydrogen-bond acceptors (Lipinski definition) is 7. The SMILES string of the molecule is CCOC(=O)c1ccc(OC)c(OC)c1/C=C/c1cc(OC)c(OC)c(OC)c1. The van der Waals surface area contributed by atoms with Crippen molar-refractivity contribution in [2.45, 2.75) is 6.92 Å². The molecule has 2 rings (SSSR count).